The van der Waals surface area contributed by atoms with E-state index >= 15 is 0 Å². The van der Waals surface area contributed by atoms with Gasteiger partial charge in [-0.2, -0.15) is 11.8 Å². The number of nitrogens with one attached hydrogen (secondary N) is 1. The number of thioether (sulfide) groups is 1. The van der Waals surface area contributed by atoms with Crippen LogP contribution in [-0.4, -0.2) is 29.1 Å². The van der Waals surface area contributed by atoms with E-state index in [9.17, 15) is 0 Å². The number of rotatable bonds is 6. The zero-order chi connectivity index (χ0) is 14.6. The molecule has 0 bridgehead atoms. The Morgan fingerprint density at radius 2 is 2.10 bits per heavy atom. The molecule has 0 saturated heterocycles. The molecule has 1 aromatic heterocycles. The van der Waals surface area contributed by atoms with Crippen molar-refractivity contribution in [2.45, 2.75) is 69.6 Å². The Hall–Kier alpha value is -0.0600. The lowest BCUT2D eigenvalue weighted by atomic mass is 9.93. The molecular formula is C16H28N2S2. The normalized spacial score (nSPS) is 18.6. The topological polar surface area (TPSA) is 24.9 Å². The van der Waals surface area contributed by atoms with Crippen molar-refractivity contribution in [3.8, 4) is 0 Å². The average Bonchev–Trinajstić information content (AvgIpc) is 3.04. The number of thiazole rings is 1. The predicted molar refractivity (Wildman–Crippen MR) is 92.1 cm³/mol. The molecule has 0 radical (unpaired) electrons. The van der Waals surface area contributed by atoms with Gasteiger partial charge in [-0.15, -0.1) is 11.3 Å². The van der Waals surface area contributed by atoms with E-state index in [-0.39, 0.29) is 5.41 Å². The average molecular weight is 313 g/mol. The molecule has 1 heterocycles. The third kappa shape index (κ3) is 4.74. The van der Waals surface area contributed by atoms with Gasteiger partial charge in [-0.05, 0) is 19.9 Å². The van der Waals surface area contributed by atoms with Gasteiger partial charge in [0.25, 0.3) is 0 Å². The van der Waals surface area contributed by atoms with Gasteiger partial charge in [-0.3, -0.25) is 0 Å². The number of aromatic nitrogens is 1. The molecule has 2 rings (SSSR count). The van der Waals surface area contributed by atoms with Crippen molar-refractivity contribution in [3.05, 3.63) is 16.1 Å². The SMILES string of the molecule is CNC(CSC1CCCC1)Cc1nc(C(C)(C)C)cs1. The van der Waals surface area contributed by atoms with Gasteiger partial charge in [0.2, 0.25) is 0 Å². The Bertz CT molecular complexity index is 403. The second-order valence-electron chi connectivity index (χ2n) is 6.81. The molecule has 2 nitrogen and oxygen atoms in total. The van der Waals surface area contributed by atoms with E-state index in [4.69, 9.17) is 4.98 Å². The maximum atomic E-state index is 4.82. The fourth-order valence-electron chi connectivity index (χ4n) is 2.51. The first-order valence-electron chi connectivity index (χ1n) is 7.73. The Balaban J connectivity index is 1.84. The van der Waals surface area contributed by atoms with Crippen LogP contribution in [0.1, 0.15) is 57.2 Å². The molecule has 0 spiro atoms. The molecular weight excluding hydrogens is 284 g/mol. The predicted octanol–water partition coefficient (Wildman–Crippen LogP) is 4.25. The fourth-order valence-corrected chi connectivity index (χ4v) is 5.07. The fraction of sp³-hybridized carbons (Fsp3) is 0.812. The number of nitrogens with zero attached hydrogens (tertiary/aromatic N) is 1. The summed E-state index contributed by atoms with van der Waals surface area (Å²) in [6, 6.07) is 0.555. The standard InChI is InChI=1S/C16H28N2S2/c1-16(2,3)14-11-20-15(18-14)9-12(17-4)10-19-13-7-5-6-8-13/h11-13,17H,5-10H2,1-4H3. The van der Waals surface area contributed by atoms with Crippen LogP contribution >= 0.6 is 23.1 Å². The maximum Gasteiger partial charge on any atom is 0.0944 e. The molecule has 114 valence electrons. The zero-order valence-electron chi connectivity index (χ0n) is 13.2. The molecule has 0 aromatic carbocycles. The second-order valence-corrected chi connectivity index (χ2v) is 9.08. The number of hydrogen-bond donors (Lipinski definition) is 1. The van der Waals surface area contributed by atoms with Gasteiger partial charge in [0, 0.05) is 34.3 Å². The van der Waals surface area contributed by atoms with E-state index in [0.29, 0.717) is 6.04 Å². The highest BCUT2D eigenvalue weighted by molar-refractivity contribution is 7.99. The highest BCUT2D eigenvalue weighted by Gasteiger charge is 2.20. The van der Waals surface area contributed by atoms with Crippen LogP contribution in [0.3, 0.4) is 0 Å². The van der Waals surface area contributed by atoms with Crippen molar-refractivity contribution in [3.63, 3.8) is 0 Å². The highest BCUT2D eigenvalue weighted by atomic mass is 32.2. The van der Waals surface area contributed by atoms with Crippen molar-refractivity contribution < 1.29 is 0 Å². The van der Waals surface area contributed by atoms with Crippen molar-refractivity contribution >= 4 is 23.1 Å². The molecule has 0 amide bonds. The smallest absolute Gasteiger partial charge is 0.0944 e. The Kier molecular flexibility index (Phi) is 5.94. The van der Waals surface area contributed by atoms with Crippen LogP contribution in [0.15, 0.2) is 5.38 Å². The van der Waals surface area contributed by atoms with Crippen molar-refractivity contribution in [2.24, 2.45) is 0 Å². The van der Waals surface area contributed by atoms with E-state index in [1.165, 1.54) is 42.1 Å². The summed E-state index contributed by atoms with van der Waals surface area (Å²) in [6.07, 6.45) is 6.78. The van der Waals surface area contributed by atoms with Crippen LogP contribution < -0.4 is 5.32 Å². The molecule has 4 heteroatoms. The van der Waals surface area contributed by atoms with Crippen molar-refractivity contribution in [1.82, 2.24) is 10.3 Å². The van der Waals surface area contributed by atoms with Crippen LogP contribution in [0.25, 0.3) is 0 Å². The lowest BCUT2D eigenvalue weighted by Gasteiger charge is -2.17. The lowest BCUT2D eigenvalue weighted by Crippen LogP contribution is -2.30. The largest absolute Gasteiger partial charge is 0.316 e. The summed E-state index contributed by atoms with van der Waals surface area (Å²) in [7, 11) is 2.08. The second kappa shape index (κ2) is 7.28. The molecule has 1 fully saturated rings. The summed E-state index contributed by atoms with van der Waals surface area (Å²) in [5, 5.41) is 7.89. The number of likely N-dealkylation sites (N-methyl/N-ethyl adjacent to an activating group) is 1. The van der Waals surface area contributed by atoms with Crippen LogP contribution in [0.5, 0.6) is 0 Å². The molecule has 1 atom stereocenters. The van der Waals surface area contributed by atoms with Crippen LogP contribution in [0.2, 0.25) is 0 Å². The van der Waals surface area contributed by atoms with Crippen molar-refractivity contribution in [1.29, 1.82) is 0 Å². The highest BCUT2D eigenvalue weighted by Crippen LogP contribution is 2.30. The first-order chi connectivity index (χ1) is 9.49. The summed E-state index contributed by atoms with van der Waals surface area (Å²) in [5.41, 5.74) is 1.40. The lowest BCUT2D eigenvalue weighted by molar-refractivity contribution is 0.564. The molecule has 1 unspecified atom stereocenters. The molecule has 1 aliphatic rings. The molecule has 1 aliphatic carbocycles. The van der Waals surface area contributed by atoms with Gasteiger partial charge in [-0.1, -0.05) is 33.6 Å². The number of hydrogen-bond acceptors (Lipinski definition) is 4. The zero-order valence-corrected chi connectivity index (χ0v) is 14.9. The van der Waals surface area contributed by atoms with Gasteiger partial charge in [-0.25, -0.2) is 4.98 Å². The third-order valence-electron chi connectivity index (χ3n) is 3.98. The molecule has 1 N–H and O–H groups in total. The van der Waals surface area contributed by atoms with Crippen LogP contribution in [-0.2, 0) is 11.8 Å². The van der Waals surface area contributed by atoms with Crippen LogP contribution in [0.4, 0.5) is 0 Å². The quantitative estimate of drug-likeness (QED) is 0.850. The van der Waals surface area contributed by atoms with E-state index in [1.807, 2.05) is 11.3 Å². The summed E-state index contributed by atoms with van der Waals surface area (Å²) in [4.78, 5) is 4.82. The van der Waals surface area contributed by atoms with E-state index in [2.05, 4.69) is 50.3 Å². The Morgan fingerprint density at radius 3 is 2.65 bits per heavy atom. The first kappa shape index (κ1) is 16.3. The molecule has 1 aromatic rings. The van der Waals surface area contributed by atoms with Gasteiger partial charge in [0.1, 0.15) is 0 Å². The summed E-state index contributed by atoms with van der Waals surface area (Å²) >= 11 is 3.98. The molecule has 0 aliphatic heterocycles. The molecule has 20 heavy (non-hydrogen) atoms. The van der Waals surface area contributed by atoms with Gasteiger partial charge >= 0.3 is 0 Å². The van der Waals surface area contributed by atoms with Gasteiger partial charge < -0.3 is 5.32 Å². The van der Waals surface area contributed by atoms with Gasteiger partial charge in [0.05, 0.1) is 10.7 Å². The van der Waals surface area contributed by atoms with Gasteiger partial charge in [0.15, 0.2) is 0 Å². The van der Waals surface area contributed by atoms with Crippen LogP contribution in [0, 0.1) is 0 Å². The van der Waals surface area contributed by atoms with E-state index in [1.54, 1.807) is 0 Å². The van der Waals surface area contributed by atoms with E-state index < -0.39 is 0 Å². The maximum absolute atomic E-state index is 4.82. The summed E-state index contributed by atoms with van der Waals surface area (Å²) < 4.78 is 0. The summed E-state index contributed by atoms with van der Waals surface area (Å²) in [5.74, 6) is 1.21. The first-order valence-corrected chi connectivity index (χ1v) is 9.65. The Morgan fingerprint density at radius 1 is 1.40 bits per heavy atom. The Labute approximate surface area is 132 Å². The summed E-state index contributed by atoms with van der Waals surface area (Å²) in [6.45, 7) is 6.70. The third-order valence-corrected chi connectivity index (χ3v) is 6.39. The molecule has 1 saturated carbocycles. The van der Waals surface area contributed by atoms with Crippen molar-refractivity contribution in [2.75, 3.05) is 12.8 Å². The minimum atomic E-state index is 0.169. The van der Waals surface area contributed by atoms with E-state index in [0.717, 1.165) is 11.7 Å². The monoisotopic (exact) mass is 312 g/mol. The minimum absolute atomic E-state index is 0.169. The minimum Gasteiger partial charge on any atom is -0.316 e.